The molecule has 1 heterocycles. The van der Waals surface area contributed by atoms with Crippen molar-refractivity contribution in [2.24, 2.45) is 0 Å². The second-order valence-corrected chi connectivity index (χ2v) is 8.17. The number of hydrogen-bond acceptors (Lipinski definition) is 6. The Hall–Kier alpha value is -4.04. The highest BCUT2D eigenvalue weighted by Gasteiger charge is 2.25. The number of morpholine rings is 1. The van der Waals surface area contributed by atoms with Gasteiger partial charge in [-0.15, -0.1) is 0 Å². The van der Waals surface area contributed by atoms with Gasteiger partial charge in [-0.05, 0) is 47.5 Å². The third-order valence-corrected chi connectivity index (χ3v) is 5.55. The molecule has 3 aromatic rings. The fourth-order valence-corrected chi connectivity index (χ4v) is 3.59. The number of nitrogens with zero attached hydrogens (tertiary/aromatic N) is 1. The number of phenolic OH excluding ortho intramolecular Hbond substituents is 1. The standard InChI is InChI=1S/C27H28N2O6/c30-23-10-8-22(9-11-23)26(31)28-16-25-17-29(14-15-33-25)27(32)35-19-21-6-12-24(13-7-21)34-18-20-4-2-1-3-5-20/h1-13,25,30H,14-19H2,(H,28,31). The van der Waals surface area contributed by atoms with Crippen molar-refractivity contribution < 1.29 is 28.9 Å². The summed E-state index contributed by atoms with van der Waals surface area (Å²) >= 11 is 0. The van der Waals surface area contributed by atoms with E-state index in [9.17, 15) is 14.7 Å². The highest BCUT2D eigenvalue weighted by atomic mass is 16.6. The van der Waals surface area contributed by atoms with Gasteiger partial charge in [-0.3, -0.25) is 4.79 Å². The number of phenols is 1. The predicted octanol–water partition coefficient (Wildman–Crippen LogP) is 3.74. The normalized spacial score (nSPS) is 15.3. The van der Waals surface area contributed by atoms with Crippen molar-refractivity contribution in [3.05, 3.63) is 95.6 Å². The summed E-state index contributed by atoms with van der Waals surface area (Å²) in [4.78, 5) is 26.4. The molecule has 0 radical (unpaired) electrons. The molecule has 0 aromatic heterocycles. The minimum absolute atomic E-state index is 0.0960. The van der Waals surface area contributed by atoms with E-state index in [4.69, 9.17) is 14.2 Å². The molecule has 1 atom stereocenters. The van der Waals surface area contributed by atoms with Crippen LogP contribution in [-0.4, -0.2) is 54.4 Å². The summed E-state index contributed by atoms with van der Waals surface area (Å²) in [5.74, 6) is 0.567. The van der Waals surface area contributed by atoms with Gasteiger partial charge in [-0.1, -0.05) is 42.5 Å². The van der Waals surface area contributed by atoms with Crippen LogP contribution in [0.5, 0.6) is 11.5 Å². The molecule has 1 fully saturated rings. The Morgan fingerprint density at radius 3 is 2.40 bits per heavy atom. The molecule has 8 heteroatoms. The van der Waals surface area contributed by atoms with Gasteiger partial charge in [0.1, 0.15) is 24.7 Å². The molecule has 1 unspecified atom stereocenters. The molecule has 3 aromatic carbocycles. The third-order valence-electron chi connectivity index (χ3n) is 5.55. The van der Waals surface area contributed by atoms with Crippen molar-refractivity contribution in [3.63, 3.8) is 0 Å². The summed E-state index contributed by atoms with van der Waals surface area (Å²) in [5.41, 5.74) is 2.39. The molecule has 4 rings (SSSR count). The lowest BCUT2D eigenvalue weighted by Gasteiger charge is -2.32. The smallest absolute Gasteiger partial charge is 0.410 e. The first-order valence-corrected chi connectivity index (χ1v) is 11.4. The summed E-state index contributed by atoms with van der Waals surface area (Å²) in [6.07, 6.45) is -0.758. The van der Waals surface area contributed by atoms with Crippen LogP contribution in [-0.2, 0) is 22.7 Å². The molecule has 2 N–H and O–H groups in total. The number of nitrogens with one attached hydrogen (secondary N) is 1. The van der Waals surface area contributed by atoms with Gasteiger partial charge < -0.3 is 29.5 Å². The molecular weight excluding hydrogens is 448 g/mol. The molecule has 0 spiro atoms. The molecule has 1 aliphatic heterocycles. The second kappa shape index (κ2) is 11.9. The zero-order valence-electron chi connectivity index (χ0n) is 19.3. The van der Waals surface area contributed by atoms with Gasteiger partial charge in [-0.25, -0.2) is 4.79 Å². The van der Waals surface area contributed by atoms with Crippen LogP contribution in [0.2, 0.25) is 0 Å². The molecule has 1 aliphatic rings. The summed E-state index contributed by atoms with van der Waals surface area (Å²) in [6.45, 7) is 2.00. The van der Waals surface area contributed by atoms with E-state index >= 15 is 0 Å². The van der Waals surface area contributed by atoms with E-state index in [0.717, 1.165) is 16.9 Å². The Balaban J connectivity index is 1.19. The number of hydrogen-bond donors (Lipinski definition) is 2. The maximum Gasteiger partial charge on any atom is 0.410 e. The average molecular weight is 477 g/mol. The van der Waals surface area contributed by atoms with Crippen molar-refractivity contribution in [1.29, 1.82) is 0 Å². The number of benzene rings is 3. The van der Waals surface area contributed by atoms with Gasteiger partial charge >= 0.3 is 6.09 Å². The van der Waals surface area contributed by atoms with Crippen LogP contribution in [0, 0.1) is 0 Å². The van der Waals surface area contributed by atoms with Crippen LogP contribution in [0.1, 0.15) is 21.5 Å². The molecule has 8 nitrogen and oxygen atoms in total. The molecular formula is C27H28N2O6. The van der Waals surface area contributed by atoms with Crippen molar-refractivity contribution in [2.75, 3.05) is 26.2 Å². The first-order chi connectivity index (χ1) is 17.1. The maximum absolute atomic E-state index is 12.5. The Labute approximate surface area is 204 Å². The van der Waals surface area contributed by atoms with E-state index in [-0.39, 0.29) is 30.9 Å². The van der Waals surface area contributed by atoms with Crippen molar-refractivity contribution in [1.82, 2.24) is 10.2 Å². The third kappa shape index (κ3) is 7.22. The molecule has 2 amide bonds. The summed E-state index contributed by atoms with van der Waals surface area (Å²) in [7, 11) is 0. The molecule has 182 valence electrons. The Morgan fingerprint density at radius 2 is 1.66 bits per heavy atom. The van der Waals surface area contributed by atoms with E-state index < -0.39 is 6.09 Å². The van der Waals surface area contributed by atoms with Crippen LogP contribution in [0.15, 0.2) is 78.9 Å². The highest BCUT2D eigenvalue weighted by molar-refractivity contribution is 5.94. The van der Waals surface area contributed by atoms with Crippen LogP contribution in [0.25, 0.3) is 0 Å². The number of amides is 2. The van der Waals surface area contributed by atoms with E-state index in [1.807, 2.05) is 54.6 Å². The summed E-state index contributed by atoms with van der Waals surface area (Å²) in [6, 6.07) is 23.4. The van der Waals surface area contributed by atoms with Gasteiger partial charge in [0.05, 0.1) is 19.3 Å². The Bertz CT molecular complexity index is 1100. The zero-order valence-corrected chi connectivity index (χ0v) is 19.3. The van der Waals surface area contributed by atoms with Crippen molar-refractivity contribution in [3.8, 4) is 11.5 Å². The van der Waals surface area contributed by atoms with Crippen LogP contribution >= 0.6 is 0 Å². The van der Waals surface area contributed by atoms with Gasteiger partial charge in [0.15, 0.2) is 0 Å². The molecule has 0 bridgehead atoms. The quantitative estimate of drug-likeness (QED) is 0.514. The number of carbonyl (C=O) groups is 2. The Kier molecular flexibility index (Phi) is 8.19. The van der Waals surface area contributed by atoms with E-state index in [1.54, 1.807) is 4.90 Å². The maximum atomic E-state index is 12.5. The van der Waals surface area contributed by atoms with E-state index in [1.165, 1.54) is 24.3 Å². The monoisotopic (exact) mass is 476 g/mol. The number of ether oxygens (including phenoxy) is 3. The molecule has 0 aliphatic carbocycles. The average Bonchev–Trinajstić information content (AvgIpc) is 2.91. The van der Waals surface area contributed by atoms with Crippen LogP contribution < -0.4 is 10.1 Å². The van der Waals surface area contributed by atoms with Crippen molar-refractivity contribution >= 4 is 12.0 Å². The lowest BCUT2D eigenvalue weighted by molar-refractivity contribution is -0.0263. The van der Waals surface area contributed by atoms with E-state index in [2.05, 4.69) is 5.32 Å². The molecule has 0 saturated carbocycles. The second-order valence-electron chi connectivity index (χ2n) is 8.17. The first kappa shape index (κ1) is 24.1. The van der Waals surface area contributed by atoms with Gasteiger partial charge in [0, 0.05) is 18.7 Å². The molecule has 35 heavy (non-hydrogen) atoms. The van der Waals surface area contributed by atoms with Crippen LogP contribution in [0.3, 0.4) is 0 Å². The van der Waals surface area contributed by atoms with E-state index in [0.29, 0.717) is 31.9 Å². The fourth-order valence-electron chi connectivity index (χ4n) is 3.59. The fraction of sp³-hybridized carbons (Fsp3) is 0.259. The van der Waals surface area contributed by atoms with Gasteiger partial charge in [0.25, 0.3) is 5.91 Å². The minimum Gasteiger partial charge on any atom is -0.508 e. The lowest BCUT2D eigenvalue weighted by atomic mass is 10.2. The SMILES string of the molecule is O=C(NCC1CN(C(=O)OCc2ccc(OCc3ccccc3)cc2)CCO1)c1ccc(O)cc1. The topological polar surface area (TPSA) is 97.3 Å². The number of aromatic hydroxyl groups is 1. The zero-order chi connectivity index (χ0) is 24.5. The number of rotatable bonds is 8. The summed E-state index contributed by atoms with van der Waals surface area (Å²) in [5, 5.41) is 12.1. The van der Waals surface area contributed by atoms with Gasteiger partial charge in [-0.2, -0.15) is 0 Å². The largest absolute Gasteiger partial charge is 0.508 e. The van der Waals surface area contributed by atoms with Crippen molar-refractivity contribution in [2.45, 2.75) is 19.3 Å². The predicted molar refractivity (Wildman–Crippen MR) is 129 cm³/mol. The van der Waals surface area contributed by atoms with Gasteiger partial charge in [0.2, 0.25) is 0 Å². The molecule has 1 saturated heterocycles. The highest BCUT2D eigenvalue weighted by Crippen LogP contribution is 2.16. The number of carbonyl (C=O) groups excluding carboxylic acids is 2. The Morgan fingerprint density at radius 1 is 0.943 bits per heavy atom. The first-order valence-electron chi connectivity index (χ1n) is 11.4. The lowest BCUT2D eigenvalue weighted by Crippen LogP contribution is -2.49. The minimum atomic E-state index is -0.424. The van der Waals surface area contributed by atoms with Crippen LogP contribution in [0.4, 0.5) is 4.79 Å². The summed E-state index contributed by atoms with van der Waals surface area (Å²) < 4.78 is 16.9.